The van der Waals surface area contributed by atoms with E-state index in [0.717, 1.165) is 16.7 Å². The van der Waals surface area contributed by atoms with Crippen molar-refractivity contribution in [3.8, 4) is 0 Å². The molecule has 0 spiro atoms. The third kappa shape index (κ3) is 4.01. The van der Waals surface area contributed by atoms with E-state index in [1.807, 2.05) is 39.0 Å². The van der Waals surface area contributed by atoms with Crippen molar-refractivity contribution in [1.82, 2.24) is 0 Å². The molecule has 3 aromatic carbocycles. The molecule has 8 nitrogen and oxygen atoms in total. The van der Waals surface area contributed by atoms with E-state index in [0.29, 0.717) is 45.5 Å². The van der Waals surface area contributed by atoms with Gasteiger partial charge in [-0.3, -0.25) is 0 Å². The third-order valence-corrected chi connectivity index (χ3v) is 4.88. The Kier molecular flexibility index (Phi) is 5.45. The van der Waals surface area contributed by atoms with Crippen LogP contribution in [-0.2, 0) is 0 Å². The smallest absolute Gasteiger partial charge is 0.109 e. The summed E-state index contributed by atoms with van der Waals surface area (Å²) in [6.07, 6.45) is 0. The number of anilines is 4. The molecule has 0 aliphatic carbocycles. The van der Waals surface area contributed by atoms with Crippen LogP contribution < -0.4 is 22.9 Å². The molecule has 0 fully saturated rings. The second-order valence-corrected chi connectivity index (χ2v) is 6.75. The number of nitrogen functional groups attached to an aromatic ring is 4. The molecule has 8 heteroatoms. The zero-order valence-corrected chi connectivity index (χ0v) is 16.6. The molecule has 0 atom stereocenters. The molecule has 148 valence electrons. The van der Waals surface area contributed by atoms with Crippen molar-refractivity contribution >= 4 is 45.5 Å². The number of azo groups is 2. The second-order valence-electron chi connectivity index (χ2n) is 6.75. The van der Waals surface area contributed by atoms with E-state index in [9.17, 15) is 0 Å². The van der Waals surface area contributed by atoms with Gasteiger partial charge in [-0.05, 0) is 68.3 Å². The van der Waals surface area contributed by atoms with Gasteiger partial charge in [0.15, 0.2) is 0 Å². The molecular weight excluding hydrogens is 364 g/mol. The Morgan fingerprint density at radius 2 is 0.862 bits per heavy atom. The van der Waals surface area contributed by atoms with E-state index >= 15 is 0 Å². The van der Waals surface area contributed by atoms with Crippen LogP contribution in [0.2, 0.25) is 0 Å². The van der Waals surface area contributed by atoms with Crippen LogP contribution in [0.4, 0.5) is 45.5 Å². The predicted octanol–water partition coefficient (Wildman–Crippen LogP) is 5.77. The van der Waals surface area contributed by atoms with Crippen LogP contribution in [0.1, 0.15) is 16.7 Å². The average molecular weight is 388 g/mol. The van der Waals surface area contributed by atoms with Gasteiger partial charge >= 0.3 is 0 Å². The van der Waals surface area contributed by atoms with Crippen LogP contribution in [0.5, 0.6) is 0 Å². The molecule has 0 saturated carbocycles. The maximum Gasteiger partial charge on any atom is 0.109 e. The number of rotatable bonds is 4. The lowest BCUT2D eigenvalue weighted by atomic mass is 10.1. The van der Waals surface area contributed by atoms with Gasteiger partial charge in [0.05, 0.1) is 22.7 Å². The molecule has 0 heterocycles. The Balaban J connectivity index is 1.91. The van der Waals surface area contributed by atoms with Gasteiger partial charge in [0.1, 0.15) is 11.4 Å². The van der Waals surface area contributed by atoms with Gasteiger partial charge in [0, 0.05) is 16.9 Å². The zero-order valence-electron chi connectivity index (χ0n) is 16.6. The normalized spacial score (nSPS) is 11.6. The summed E-state index contributed by atoms with van der Waals surface area (Å²) in [6.45, 7) is 5.60. The Hall–Kier alpha value is -3.94. The monoisotopic (exact) mass is 388 g/mol. The van der Waals surface area contributed by atoms with Crippen molar-refractivity contribution < 1.29 is 0 Å². The first-order valence-electron chi connectivity index (χ1n) is 9.01. The molecule has 29 heavy (non-hydrogen) atoms. The number of nitrogens with zero attached hydrogens (tertiary/aromatic N) is 4. The molecule has 0 amide bonds. The number of nitrogens with two attached hydrogens (primary N) is 4. The summed E-state index contributed by atoms with van der Waals surface area (Å²) in [5.41, 5.74) is 31.0. The molecule has 0 aliphatic rings. The molecule has 0 aromatic heterocycles. The van der Waals surface area contributed by atoms with Crippen LogP contribution >= 0.6 is 0 Å². The molecule has 0 saturated heterocycles. The lowest BCUT2D eigenvalue weighted by molar-refractivity contribution is 1.17. The standard InChI is InChI=1S/C21H24N8/c1-11-14(22)7-9-18(20(11)24)28-26-16-5-4-6-17(13(16)3)27-29-19-10-8-15(23)12(2)21(19)25/h4-10H,22-25H2,1-3H3. The number of hydrogen-bond acceptors (Lipinski definition) is 8. The Labute approximate surface area is 169 Å². The van der Waals surface area contributed by atoms with Crippen molar-refractivity contribution in [1.29, 1.82) is 0 Å². The summed E-state index contributed by atoms with van der Waals surface area (Å²) >= 11 is 0. The maximum atomic E-state index is 6.08. The number of hydrogen-bond donors (Lipinski definition) is 4. The van der Waals surface area contributed by atoms with Crippen molar-refractivity contribution in [2.75, 3.05) is 22.9 Å². The van der Waals surface area contributed by atoms with Crippen LogP contribution in [0, 0.1) is 20.8 Å². The Bertz CT molecular complexity index is 1050. The minimum absolute atomic E-state index is 0.511. The zero-order chi connectivity index (χ0) is 21.1. The average Bonchev–Trinajstić information content (AvgIpc) is 2.71. The van der Waals surface area contributed by atoms with Gasteiger partial charge in [-0.25, -0.2) is 0 Å². The highest BCUT2D eigenvalue weighted by Gasteiger charge is 2.07. The minimum atomic E-state index is 0.511. The summed E-state index contributed by atoms with van der Waals surface area (Å²) in [5.74, 6) is 0. The number of benzene rings is 3. The topological polar surface area (TPSA) is 154 Å². The molecule has 0 unspecified atom stereocenters. The largest absolute Gasteiger partial charge is 0.398 e. The van der Waals surface area contributed by atoms with Gasteiger partial charge < -0.3 is 22.9 Å². The summed E-state index contributed by atoms with van der Waals surface area (Å²) in [6, 6.07) is 12.5. The second kappa shape index (κ2) is 7.97. The molecule has 3 aromatic rings. The third-order valence-electron chi connectivity index (χ3n) is 4.88. The predicted molar refractivity (Wildman–Crippen MR) is 120 cm³/mol. The van der Waals surface area contributed by atoms with Crippen molar-refractivity contribution in [2.45, 2.75) is 20.8 Å². The Morgan fingerprint density at radius 3 is 1.28 bits per heavy atom. The van der Waals surface area contributed by atoms with Crippen LogP contribution in [-0.4, -0.2) is 0 Å². The van der Waals surface area contributed by atoms with Gasteiger partial charge in [0.2, 0.25) is 0 Å². The summed E-state index contributed by atoms with van der Waals surface area (Å²) in [5, 5.41) is 17.2. The van der Waals surface area contributed by atoms with Gasteiger partial charge in [-0.2, -0.15) is 10.2 Å². The highest BCUT2D eigenvalue weighted by molar-refractivity contribution is 5.74. The van der Waals surface area contributed by atoms with Gasteiger partial charge in [-0.15, -0.1) is 10.2 Å². The minimum Gasteiger partial charge on any atom is -0.398 e. The van der Waals surface area contributed by atoms with Gasteiger partial charge in [0.25, 0.3) is 0 Å². The van der Waals surface area contributed by atoms with Crippen LogP contribution in [0.3, 0.4) is 0 Å². The first kappa shape index (κ1) is 19.8. The van der Waals surface area contributed by atoms with E-state index in [2.05, 4.69) is 20.5 Å². The summed E-state index contributed by atoms with van der Waals surface area (Å²) in [4.78, 5) is 0. The molecule has 8 N–H and O–H groups in total. The van der Waals surface area contributed by atoms with E-state index in [4.69, 9.17) is 22.9 Å². The van der Waals surface area contributed by atoms with Crippen molar-refractivity contribution in [2.24, 2.45) is 20.5 Å². The fourth-order valence-electron chi connectivity index (χ4n) is 2.68. The van der Waals surface area contributed by atoms with E-state index in [1.54, 1.807) is 24.3 Å². The summed E-state index contributed by atoms with van der Waals surface area (Å²) < 4.78 is 0. The first-order chi connectivity index (χ1) is 13.8. The van der Waals surface area contributed by atoms with E-state index < -0.39 is 0 Å². The van der Waals surface area contributed by atoms with E-state index in [1.165, 1.54) is 0 Å². The maximum absolute atomic E-state index is 6.08. The highest BCUT2D eigenvalue weighted by atomic mass is 15.1. The van der Waals surface area contributed by atoms with E-state index in [-0.39, 0.29) is 0 Å². The van der Waals surface area contributed by atoms with Crippen LogP contribution in [0.15, 0.2) is 62.9 Å². The molecule has 0 radical (unpaired) electrons. The van der Waals surface area contributed by atoms with Crippen LogP contribution in [0.25, 0.3) is 0 Å². The summed E-state index contributed by atoms with van der Waals surface area (Å²) in [7, 11) is 0. The van der Waals surface area contributed by atoms with Crippen molar-refractivity contribution in [3.05, 3.63) is 59.2 Å². The molecule has 0 bridgehead atoms. The van der Waals surface area contributed by atoms with Crippen molar-refractivity contribution in [3.63, 3.8) is 0 Å². The molecular formula is C21H24N8. The Morgan fingerprint density at radius 1 is 0.483 bits per heavy atom. The van der Waals surface area contributed by atoms with Gasteiger partial charge in [-0.1, -0.05) is 6.07 Å². The highest BCUT2D eigenvalue weighted by Crippen LogP contribution is 2.35. The lowest BCUT2D eigenvalue weighted by Gasteiger charge is -2.07. The fraction of sp³-hybridized carbons (Fsp3) is 0.143. The fourth-order valence-corrected chi connectivity index (χ4v) is 2.68. The lowest BCUT2D eigenvalue weighted by Crippen LogP contribution is -1.95. The molecule has 0 aliphatic heterocycles. The first-order valence-corrected chi connectivity index (χ1v) is 9.01. The SMILES string of the molecule is Cc1c(N=Nc2ccc(N)c(C)c2N)cccc1N=Nc1ccc(N)c(C)c1N. The quantitative estimate of drug-likeness (QED) is 0.331. The molecule has 3 rings (SSSR count).